The van der Waals surface area contributed by atoms with Crippen LogP contribution in [-0.4, -0.2) is 31.3 Å². The summed E-state index contributed by atoms with van der Waals surface area (Å²) in [6.07, 6.45) is 7.87. The maximum absolute atomic E-state index is 5.81. The van der Waals surface area contributed by atoms with Crippen molar-refractivity contribution in [1.29, 1.82) is 0 Å². The third kappa shape index (κ3) is 4.66. The van der Waals surface area contributed by atoms with Crippen molar-refractivity contribution < 1.29 is 4.74 Å². The fourth-order valence-electron chi connectivity index (χ4n) is 1.69. The maximum atomic E-state index is 5.81. The molecule has 96 valence electrons. The topological polar surface area (TPSA) is 59.6 Å². The van der Waals surface area contributed by atoms with Gasteiger partial charge in [-0.3, -0.25) is 4.99 Å². The Morgan fingerprint density at radius 3 is 2.82 bits per heavy atom. The van der Waals surface area contributed by atoms with Gasteiger partial charge in [-0.05, 0) is 18.3 Å². The van der Waals surface area contributed by atoms with Crippen LogP contribution in [0.2, 0.25) is 0 Å². The molecule has 0 bridgehead atoms. The van der Waals surface area contributed by atoms with Gasteiger partial charge in [0.1, 0.15) is 0 Å². The molecule has 0 aromatic rings. The molecule has 1 rings (SSSR count). The van der Waals surface area contributed by atoms with E-state index in [1.54, 1.807) is 0 Å². The van der Waals surface area contributed by atoms with Crippen molar-refractivity contribution in [2.24, 2.45) is 16.1 Å². The summed E-state index contributed by atoms with van der Waals surface area (Å²) in [5.41, 5.74) is 5.77. The summed E-state index contributed by atoms with van der Waals surface area (Å²) in [4.78, 5) is 4.27. The molecular formula is C13H23N3O. The fraction of sp³-hybridized carbons (Fsp3) is 0.769. The summed E-state index contributed by atoms with van der Waals surface area (Å²) in [6.45, 7) is 7.65. The minimum atomic E-state index is -0.115. The fourth-order valence-corrected chi connectivity index (χ4v) is 1.69. The average molecular weight is 237 g/mol. The van der Waals surface area contributed by atoms with Gasteiger partial charge in [-0.2, -0.15) is 0 Å². The van der Waals surface area contributed by atoms with E-state index in [1.165, 1.54) is 0 Å². The Morgan fingerprint density at radius 2 is 2.35 bits per heavy atom. The minimum Gasteiger partial charge on any atom is -0.376 e. The van der Waals surface area contributed by atoms with Crippen LogP contribution in [0, 0.1) is 17.8 Å². The van der Waals surface area contributed by atoms with E-state index in [0.29, 0.717) is 12.5 Å². The Kier molecular flexibility index (Phi) is 4.83. The molecule has 4 nitrogen and oxygen atoms in total. The lowest BCUT2D eigenvalue weighted by Gasteiger charge is -2.27. The summed E-state index contributed by atoms with van der Waals surface area (Å²) in [7, 11) is 0. The molecule has 2 unspecified atom stereocenters. The van der Waals surface area contributed by atoms with Crippen molar-refractivity contribution in [1.82, 2.24) is 5.32 Å². The van der Waals surface area contributed by atoms with Gasteiger partial charge in [0.2, 0.25) is 0 Å². The van der Waals surface area contributed by atoms with Gasteiger partial charge in [0.05, 0.1) is 18.7 Å². The predicted octanol–water partition coefficient (Wildman–Crippen LogP) is 1.12. The number of nitrogens with one attached hydrogen (secondary N) is 1. The van der Waals surface area contributed by atoms with Crippen molar-refractivity contribution in [3.63, 3.8) is 0 Å². The van der Waals surface area contributed by atoms with Crippen LogP contribution in [0.15, 0.2) is 4.99 Å². The summed E-state index contributed by atoms with van der Waals surface area (Å²) >= 11 is 0. The second-order valence-corrected chi connectivity index (χ2v) is 5.47. The Hall–Kier alpha value is -1.21. The minimum absolute atomic E-state index is 0.0429. The summed E-state index contributed by atoms with van der Waals surface area (Å²) in [6, 6.07) is -0.115. The SMILES string of the molecule is C#CC(NC(N)=NCC1CCCO1)C(C)(C)C. The highest BCUT2D eigenvalue weighted by Gasteiger charge is 2.23. The molecular weight excluding hydrogens is 214 g/mol. The van der Waals surface area contributed by atoms with Crippen molar-refractivity contribution in [2.75, 3.05) is 13.2 Å². The van der Waals surface area contributed by atoms with Crippen molar-refractivity contribution >= 4 is 5.96 Å². The number of aliphatic imine (C=N–C) groups is 1. The number of rotatable bonds is 3. The van der Waals surface area contributed by atoms with Gasteiger partial charge in [0.25, 0.3) is 0 Å². The summed E-state index contributed by atoms with van der Waals surface area (Å²) in [5.74, 6) is 3.10. The zero-order chi connectivity index (χ0) is 12.9. The standard InChI is InChI=1S/C13H23N3O/c1-5-11(13(2,3)4)16-12(14)15-9-10-7-6-8-17-10/h1,10-11H,6-9H2,2-4H3,(H3,14,15,16). The van der Waals surface area contributed by atoms with Crippen molar-refractivity contribution in [3.05, 3.63) is 0 Å². The third-order valence-corrected chi connectivity index (χ3v) is 2.81. The first kappa shape index (κ1) is 13.9. The van der Waals surface area contributed by atoms with Gasteiger partial charge in [-0.15, -0.1) is 6.42 Å². The second-order valence-electron chi connectivity index (χ2n) is 5.47. The lowest BCUT2D eigenvalue weighted by atomic mass is 9.87. The van der Waals surface area contributed by atoms with Crippen molar-refractivity contribution in [3.8, 4) is 12.3 Å². The van der Waals surface area contributed by atoms with Crippen molar-refractivity contribution in [2.45, 2.75) is 45.8 Å². The first-order chi connectivity index (χ1) is 7.93. The van der Waals surface area contributed by atoms with Gasteiger partial charge in [0, 0.05) is 6.61 Å². The lowest BCUT2D eigenvalue weighted by Crippen LogP contribution is -2.46. The van der Waals surface area contributed by atoms with E-state index in [9.17, 15) is 0 Å². The smallest absolute Gasteiger partial charge is 0.189 e. The number of guanidine groups is 1. The molecule has 2 atom stereocenters. The summed E-state index contributed by atoms with van der Waals surface area (Å²) in [5, 5.41) is 3.07. The van der Waals surface area contributed by atoms with Crippen LogP contribution in [0.5, 0.6) is 0 Å². The Balaban J connectivity index is 2.44. The highest BCUT2D eigenvalue weighted by atomic mass is 16.5. The average Bonchev–Trinajstić information content (AvgIpc) is 2.74. The van der Waals surface area contributed by atoms with Gasteiger partial charge in [-0.1, -0.05) is 26.7 Å². The predicted molar refractivity (Wildman–Crippen MR) is 70.7 cm³/mol. The first-order valence-electron chi connectivity index (χ1n) is 6.07. The molecule has 0 aromatic carbocycles. The van der Waals surface area contributed by atoms with Crippen LogP contribution in [-0.2, 0) is 4.74 Å². The zero-order valence-corrected chi connectivity index (χ0v) is 11.0. The molecule has 0 amide bonds. The van der Waals surface area contributed by atoms with Crippen LogP contribution in [0.3, 0.4) is 0 Å². The molecule has 1 aliphatic rings. The van der Waals surface area contributed by atoms with Gasteiger partial charge in [0.15, 0.2) is 5.96 Å². The van der Waals surface area contributed by atoms with E-state index in [-0.39, 0.29) is 17.6 Å². The van der Waals surface area contributed by atoms with Gasteiger partial charge < -0.3 is 15.8 Å². The molecule has 0 aromatic heterocycles. The molecule has 4 heteroatoms. The molecule has 0 saturated carbocycles. The molecule has 17 heavy (non-hydrogen) atoms. The molecule has 0 aliphatic carbocycles. The maximum Gasteiger partial charge on any atom is 0.189 e. The van der Waals surface area contributed by atoms with Gasteiger partial charge in [-0.25, -0.2) is 0 Å². The van der Waals surface area contributed by atoms with E-state index in [2.05, 4.69) is 37.0 Å². The number of nitrogens with zero attached hydrogens (tertiary/aromatic N) is 1. The van der Waals surface area contributed by atoms with E-state index in [1.807, 2.05) is 0 Å². The lowest BCUT2D eigenvalue weighted by molar-refractivity contribution is 0.117. The molecule has 3 N–H and O–H groups in total. The second kappa shape index (κ2) is 5.92. The highest BCUT2D eigenvalue weighted by molar-refractivity contribution is 5.78. The van der Waals surface area contributed by atoms with Gasteiger partial charge >= 0.3 is 0 Å². The quantitative estimate of drug-likeness (QED) is 0.439. The van der Waals surface area contributed by atoms with Crippen LogP contribution in [0.25, 0.3) is 0 Å². The zero-order valence-electron chi connectivity index (χ0n) is 11.0. The van der Waals surface area contributed by atoms with Crippen LogP contribution in [0.4, 0.5) is 0 Å². The molecule has 1 aliphatic heterocycles. The van der Waals surface area contributed by atoms with E-state index < -0.39 is 0 Å². The highest BCUT2D eigenvalue weighted by Crippen LogP contribution is 2.18. The molecule has 1 fully saturated rings. The number of hydrogen-bond donors (Lipinski definition) is 2. The number of nitrogens with two attached hydrogens (primary N) is 1. The Labute approximate surface area is 104 Å². The largest absolute Gasteiger partial charge is 0.376 e. The number of ether oxygens (including phenoxy) is 1. The first-order valence-corrected chi connectivity index (χ1v) is 6.07. The molecule has 1 heterocycles. The van der Waals surface area contributed by atoms with Crippen LogP contribution >= 0.6 is 0 Å². The Morgan fingerprint density at radius 1 is 1.65 bits per heavy atom. The van der Waals surface area contributed by atoms with E-state index >= 15 is 0 Å². The van der Waals surface area contributed by atoms with E-state index in [4.69, 9.17) is 16.9 Å². The third-order valence-electron chi connectivity index (χ3n) is 2.81. The number of terminal acetylenes is 1. The monoisotopic (exact) mass is 237 g/mol. The normalized spacial score (nSPS) is 23.2. The molecule has 1 saturated heterocycles. The Bertz CT molecular complexity index is 306. The summed E-state index contributed by atoms with van der Waals surface area (Å²) < 4.78 is 5.47. The molecule has 0 spiro atoms. The van der Waals surface area contributed by atoms with Crippen LogP contribution < -0.4 is 11.1 Å². The molecule has 0 radical (unpaired) electrons. The van der Waals surface area contributed by atoms with E-state index in [0.717, 1.165) is 19.4 Å². The number of hydrogen-bond acceptors (Lipinski definition) is 2. The van der Waals surface area contributed by atoms with Crippen LogP contribution in [0.1, 0.15) is 33.6 Å².